The van der Waals surface area contributed by atoms with Crippen molar-refractivity contribution in [3.8, 4) is 5.75 Å². The summed E-state index contributed by atoms with van der Waals surface area (Å²) in [6.07, 6.45) is 1.62. The summed E-state index contributed by atoms with van der Waals surface area (Å²) in [6, 6.07) is 11.1. The van der Waals surface area contributed by atoms with E-state index in [9.17, 15) is 4.79 Å². The molecule has 6 nitrogen and oxygen atoms in total. The zero-order valence-corrected chi connectivity index (χ0v) is 13.7. The van der Waals surface area contributed by atoms with Crippen LogP contribution in [0, 0.1) is 0 Å². The fraction of sp³-hybridized carbons (Fsp3) is 0.294. The normalized spacial score (nSPS) is 10.4. The predicted octanol–water partition coefficient (Wildman–Crippen LogP) is 2.13. The predicted molar refractivity (Wildman–Crippen MR) is 91.4 cm³/mol. The summed E-state index contributed by atoms with van der Waals surface area (Å²) >= 11 is 0. The number of likely N-dealkylation sites (N-methyl/N-ethyl adjacent to an activating group) is 1. The van der Waals surface area contributed by atoms with Gasteiger partial charge in [-0.25, -0.2) is 0 Å². The lowest BCUT2D eigenvalue weighted by molar-refractivity contribution is 0.0946. The number of hydrogen-bond donors (Lipinski definition) is 2. The molecule has 1 heterocycles. The number of nitrogens with one attached hydrogen (secondary N) is 2. The van der Waals surface area contributed by atoms with E-state index in [1.165, 1.54) is 0 Å². The number of carbonyl (C=O) groups is 1. The highest BCUT2D eigenvalue weighted by Crippen LogP contribution is 2.19. The molecular weight excluding hydrogens is 292 g/mol. The van der Waals surface area contributed by atoms with E-state index in [0.717, 1.165) is 23.7 Å². The van der Waals surface area contributed by atoms with Crippen LogP contribution in [0.3, 0.4) is 0 Å². The van der Waals surface area contributed by atoms with E-state index in [1.807, 2.05) is 49.3 Å². The Kier molecular flexibility index (Phi) is 5.94. The van der Waals surface area contributed by atoms with Gasteiger partial charge in [0, 0.05) is 30.7 Å². The van der Waals surface area contributed by atoms with Crippen molar-refractivity contribution in [3.63, 3.8) is 0 Å². The van der Waals surface area contributed by atoms with Crippen molar-refractivity contribution in [1.82, 2.24) is 15.2 Å². The van der Waals surface area contributed by atoms with Crippen LogP contribution < -0.4 is 15.4 Å². The molecule has 23 heavy (non-hydrogen) atoms. The SMILES string of the molecule is COc1ccc(Nc2ccnc(C(=O)NCCN(C)C)c2)cc1. The molecule has 0 aliphatic rings. The van der Waals surface area contributed by atoms with Gasteiger partial charge in [-0.15, -0.1) is 0 Å². The fourth-order valence-electron chi connectivity index (χ4n) is 1.96. The van der Waals surface area contributed by atoms with Crippen molar-refractivity contribution >= 4 is 17.3 Å². The molecule has 0 aliphatic heterocycles. The van der Waals surface area contributed by atoms with E-state index in [1.54, 1.807) is 19.4 Å². The van der Waals surface area contributed by atoms with Crippen molar-refractivity contribution in [2.45, 2.75) is 0 Å². The van der Waals surface area contributed by atoms with E-state index in [-0.39, 0.29) is 5.91 Å². The molecule has 0 radical (unpaired) electrons. The number of rotatable bonds is 7. The molecule has 2 N–H and O–H groups in total. The third kappa shape index (κ3) is 5.27. The Morgan fingerprint density at radius 1 is 1.17 bits per heavy atom. The molecule has 0 bridgehead atoms. The van der Waals surface area contributed by atoms with Crippen LogP contribution >= 0.6 is 0 Å². The second-order valence-electron chi connectivity index (χ2n) is 5.34. The molecule has 1 aromatic heterocycles. The molecule has 0 saturated carbocycles. The van der Waals surface area contributed by atoms with Gasteiger partial charge < -0.3 is 20.3 Å². The second-order valence-corrected chi connectivity index (χ2v) is 5.34. The Balaban J connectivity index is 1.99. The lowest BCUT2D eigenvalue weighted by Crippen LogP contribution is -2.31. The van der Waals surface area contributed by atoms with Crippen molar-refractivity contribution in [2.75, 3.05) is 39.6 Å². The van der Waals surface area contributed by atoms with Gasteiger partial charge in [-0.2, -0.15) is 0 Å². The number of nitrogens with zero attached hydrogens (tertiary/aromatic N) is 2. The lowest BCUT2D eigenvalue weighted by atomic mass is 10.2. The number of methoxy groups -OCH3 is 1. The van der Waals surface area contributed by atoms with Gasteiger partial charge in [0.25, 0.3) is 5.91 Å². The first kappa shape index (κ1) is 16.8. The minimum Gasteiger partial charge on any atom is -0.497 e. The number of aromatic nitrogens is 1. The molecule has 0 unspecified atom stereocenters. The highest BCUT2D eigenvalue weighted by Gasteiger charge is 2.07. The Hall–Kier alpha value is -2.60. The lowest BCUT2D eigenvalue weighted by Gasteiger charge is -2.11. The maximum absolute atomic E-state index is 12.1. The Bertz CT molecular complexity index is 641. The first-order valence-electron chi connectivity index (χ1n) is 7.38. The van der Waals surface area contributed by atoms with Gasteiger partial charge in [-0.1, -0.05) is 0 Å². The average Bonchev–Trinajstić information content (AvgIpc) is 2.55. The van der Waals surface area contributed by atoms with Gasteiger partial charge in [0.15, 0.2) is 0 Å². The molecule has 1 aromatic carbocycles. The van der Waals surface area contributed by atoms with Gasteiger partial charge >= 0.3 is 0 Å². The molecule has 0 aliphatic carbocycles. The summed E-state index contributed by atoms with van der Waals surface area (Å²) in [5.41, 5.74) is 2.11. The molecule has 0 atom stereocenters. The third-order valence-corrected chi connectivity index (χ3v) is 3.22. The maximum atomic E-state index is 12.1. The molecule has 122 valence electrons. The Morgan fingerprint density at radius 2 is 1.91 bits per heavy atom. The topological polar surface area (TPSA) is 66.5 Å². The minimum atomic E-state index is -0.176. The number of benzene rings is 1. The molecule has 0 saturated heterocycles. The van der Waals surface area contributed by atoms with Crippen LogP contribution in [0.15, 0.2) is 42.6 Å². The number of carbonyl (C=O) groups excluding carboxylic acids is 1. The molecular formula is C17H22N4O2. The molecule has 0 fully saturated rings. The monoisotopic (exact) mass is 314 g/mol. The Morgan fingerprint density at radius 3 is 2.57 bits per heavy atom. The highest BCUT2D eigenvalue weighted by atomic mass is 16.5. The van der Waals surface area contributed by atoms with Crippen LogP contribution in [-0.4, -0.2) is 50.1 Å². The van der Waals surface area contributed by atoms with Crippen molar-refractivity contribution in [2.24, 2.45) is 0 Å². The van der Waals surface area contributed by atoms with Crippen LogP contribution in [-0.2, 0) is 0 Å². The van der Waals surface area contributed by atoms with Gasteiger partial charge in [0.2, 0.25) is 0 Å². The van der Waals surface area contributed by atoms with Crippen molar-refractivity contribution in [3.05, 3.63) is 48.3 Å². The zero-order valence-electron chi connectivity index (χ0n) is 13.7. The van der Waals surface area contributed by atoms with Crippen LogP contribution in [0.25, 0.3) is 0 Å². The largest absolute Gasteiger partial charge is 0.497 e. The van der Waals surface area contributed by atoms with E-state index in [4.69, 9.17) is 4.74 Å². The minimum absolute atomic E-state index is 0.176. The summed E-state index contributed by atoms with van der Waals surface area (Å²) in [6.45, 7) is 1.37. The van der Waals surface area contributed by atoms with E-state index in [2.05, 4.69) is 15.6 Å². The average molecular weight is 314 g/mol. The van der Waals surface area contributed by atoms with Crippen molar-refractivity contribution < 1.29 is 9.53 Å². The van der Waals surface area contributed by atoms with Crippen molar-refractivity contribution in [1.29, 1.82) is 0 Å². The summed E-state index contributed by atoms with van der Waals surface area (Å²) in [5, 5.41) is 6.09. The van der Waals surface area contributed by atoms with Gasteiger partial charge in [-0.3, -0.25) is 9.78 Å². The molecule has 1 amide bonds. The standard InChI is InChI=1S/C17H22N4O2/c1-21(2)11-10-19-17(22)16-12-14(8-9-18-16)20-13-4-6-15(23-3)7-5-13/h4-9,12H,10-11H2,1-3H3,(H,18,20)(H,19,22). The molecule has 2 aromatic rings. The molecule has 2 rings (SSSR count). The number of hydrogen-bond acceptors (Lipinski definition) is 5. The number of ether oxygens (including phenoxy) is 1. The summed E-state index contributed by atoms with van der Waals surface area (Å²) in [4.78, 5) is 18.2. The van der Waals surface area contributed by atoms with E-state index >= 15 is 0 Å². The summed E-state index contributed by atoms with van der Waals surface area (Å²) < 4.78 is 5.13. The number of pyridine rings is 1. The fourth-order valence-corrected chi connectivity index (χ4v) is 1.96. The van der Waals surface area contributed by atoms with Crippen LogP contribution in [0.2, 0.25) is 0 Å². The second kappa shape index (κ2) is 8.14. The number of anilines is 2. The van der Waals surface area contributed by atoms with Crippen LogP contribution in [0.1, 0.15) is 10.5 Å². The first-order valence-corrected chi connectivity index (χ1v) is 7.38. The maximum Gasteiger partial charge on any atom is 0.269 e. The van der Waals surface area contributed by atoms with Gasteiger partial charge in [0.05, 0.1) is 7.11 Å². The quantitative estimate of drug-likeness (QED) is 0.819. The summed E-state index contributed by atoms with van der Waals surface area (Å²) in [7, 11) is 5.56. The molecule has 6 heteroatoms. The third-order valence-electron chi connectivity index (χ3n) is 3.22. The van der Waals surface area contributed by atoms with Gasteiger partial charge in [0.1, 0.15) is 11.4 Å². The van der Waals surface area contributed by atoms with E-state index in [0.29, 0.717) is 12.2 Å². The smallest absolute Gasteiger partial charge is 0.269 e. The first-order chi connectivity index (χ1) is 11.1. The van der Waals surface area contributed by atoms with Crippen LogP contribution in [0.5, 0.6) is 5.75 Å². The van der Waals surface area contributed by atoms with Crippen LogP contribution in [0.4, 0.5) is 11.4 Å². The Labute approximate surface area is 136 Å². The zero-order chi connectivity index (χ0) is 16.7. The van der Waals surface area contributed by atoms with Gasteiger partial charge in [-0.05, 0) is 50.5 Å². The molecule has 0 spiro atoms. The van der Waals surface area contributed by atoms with E-state index < -0.39 is 0 Å². The summed E-state index contributed by atoms with van der Waals surface area (Å²) in [5.74, 6) is 0.622. The number of amides is 1. The highest BCUT2D eigenvalue weighted by molar-refractivity contribution is 5.93.